The predicted octanol–water partition coefficient (Wildman–Crippen LogP) is 4.62. The van der Waals surface area contributed by atoms with E-state index in [4.69, 9.17) is 9.40 Å². The van der Waals surface area contributed by atoms with Crippen molar-refractivity contribution in [3.63, 3.8) is 0 Å². The molecule has 0 bridgehead atoms. The molecule has 2 aromatic carbocycles. The van der Waals surface area contributed by atoms with E-state index in [-0.39, 0.29) is 24.9 Å². The number of halogens is 1. The van der Waals surface area contributed by atoms with Gasteiger partial charge in [-0.3, -0.25) is 14.3 Å². The average Bonchev–Trinajstić information content (AvgIpc) is 3.35. The number of carbonyl (C=O) groups excluding carboxylic acids is 1. The summed E-state index contributed by atoms with van der Waals surface area (Å²) in [5, 5.41) is 0.659. The van der Waals surface area contributed by atoms with Gasteiger partial charge in [0.05, 0.1) is 15.7 Å². The monoisotopic (exact) mass is 488 g/mol. The van der Waals surface area contributed by atoms with Crippen molar-refractivity contribution in [2.24, 2.45) is 0 Å². The molecule has 33 heavy (non-hydrogen) atoms. The minimum atomic E-state index is -0.529. The van der Waals surface area contributed by atoms with Crippen LogP contribution >= 0.6 is 23.7 Å². The van der Waals surface area contributed by atoms with Crippen LogP contribution in [0.4, 0.5) is 5.13 Å². The van der Waals surface area contributed by atoms with Crippen LogP contribution in [0.15, 0.2) is 45.6 Å². The van der Waals surface area contributed by atoms with Crippen molar-refractivity contribution in [2.75, 3.05) is 31.1 Å². The van der Waals surface area contributed by atoms with Gasteiger partial charge in [-0.2, -0.15) is 0 Å². The van der Waals surface area contributed by atoms with Crippen molar-refractivity contribution in [2.45, 2.75) is 34.2 Å². The Morgan fingerprint density at radius 1 is 1.09 bits per heavy atom. The zero-order valence-electron chi connectivity index (χ0n) is 19.3. The Morgan fingerprint density at radius 2 is 1.82 bits per heavy atom. The Hall–Kier alpha value is -2.68. The molecular formula is C24H29ClN4O3S. The van der Waals surface area contributed by atoms with Crippen LogP contribution in [-0.2, 0) is 11.3 Å². The predicted molar refractivity (Wildman–Crippen MR) is 137 cm³/mol. The number of amides is 1. The minimum absolute atomic E-state index is 0. The molecular weight excluding hydrogens is 460 g/mol. The first-order valence-corrected chi connectivity index (χ1v) is 11.7. The number of fused-ring (bicyclic) bond motifs is 2. The summed E-state index contributed by atoms with van der Waals surface area (Å²) in [6, 6.07) is 11.3. The molecule has 4 aromatic rings. The Morgan fingerprint density at radius 3 is 2.55 bits per heavy atom. The molecule has 0 unspecified atom stereocenters. The quantitative estimate of drug-likeness (QED) is 0.362. The molecule has 4 rings (SSSR count). The van der Waals surface area contributed by atoms with Crippen LogP contribution in [0.2, 0.25) is 0 Å². The van der Waals surface area contributed by atoms with Crippen LogP contribution in [0.3, 0.4) is 0 Å². The number of carbonyl (C=O) groups is 1. The SMILES string of the molecule is CCN(CC)CCN(C(=O)Cn1c(=O)oc2ccccc21)c1nc2c(C)c(C)ccc2s1.Cl. The number of anilines is 1. The van der Waals surface area contributed by atoms with Crippen molar-refractivity contribution >= 4 is 56.1 Å². The molecule has 0 aliphatic heterocycles. The van der Waals surface area contributed by atoms with Crippen LogP contribution < -0.4 is 10.7 Å². The normalized spacial score (nSPS) is 11.3. The summed E-state index contributed by atoms with van der Waals surface area (Å²) in [5.74, 6) is -0.710. The van der Waals surface area contributed by atoms with Gasteiger partial charge in [-0.25, -0.2) is 9.78 Å². The van der Waals surface area contributed by atoms with Crippen LogP contribution in [0, 0.1) is 13.8 Å². The molecule has 2 aromatic heterocycles. The number of thiazole rings is 1. The highest BCUT2D eigenvalue weighted by Crippen LogP contribution is 2.32. The van der Waals surface area contributed by atoms with E-state index in [0.717, 1.165) is 35.4 Å². The van der Waals surface area contributed by atoms with Gasteiger partial charge in [0.1, 0.15) is 6.54 Å². The third-order valence-corrected chi connectivity index (χ3v) is 7.05. The van der Waals surface area contributed by atoms with Crippen LogP contribution in [0.5, 0.6) is 0 Å². The smallest absolute Gasteiger partial charge is 0.408 e. The van der Waals surface area contributed by atoms with Crippen LogP contribution in [0.1, 0.15) is 25.0 Å². The zero-order chi connectivity index (χ0) is 22.8. The molecule has 0 atom stereocenters. The maximum Gasteiger partial charge on any atom is 0.420 e. The number of hydrogen-bond donors (Lipinski definition) is 0. The Bertz CT molecular complexity index is 1320. The van der Waals surface area contributed by atoms with Crippen molar-refractivity contribution in [1.29, 1.82) is 0 Å². The van der Waals surface area contributed by atoms with Crippen molar-refractivity contribution in [3.8, 4) is 0 Å². The number of oxazole rings is 1. The lowest BCUT2D eigenvalue weighted by Crippen LogP contribution is -2.41. The lowest BCUT2D eigenvalue weighted by atomic mass is 10.1. The number of aromatic nitrogens is 2. The third-order valence-electron chi connectivity index (χ3n) is 6.01. The minimum Gasteiger partial charge on any atom is -0.408 e. The topological polar surface area (TPSA) is 71.6 Å². The van der Waals surface area contributed by atoms with E-state index >= 15 is 0 Å². The summed E-state index contributed by atoms with van der Waals surface area (Å²) in [7, 11) is 0. The highest BCUT2D eigenvalue weighted by molar-refractivity contribution is 7.22. The van der Waals surface area contributed by atoms with Crippen LogP contribution in [-0.4, -0.2) is 46.5 Å². The van der Waals surface area contributed by atoms with Crippen molar-refractivity contribution in [3.05, 3.63) is 58.1 Å². The molecule has 0 saturated carbocycles. The van der Waals surface area contributed by atoms with E-state index in [1.165, 1.54) is 21.5 Å². The van der Waals surface area contributed by atoms with Gasteiger partial charge in [0.2, 0.25) is 5.91 Å². The van der Waals surface area contributed by atoms with Gasteiger partial charge in [0, 0.05) is 13.1 Å². The maximum absolute atomic E-state index is 13.5. The molecule has 0 radical (unpaired) electrons. The molecule has 0 N–H and O–H groups in total. The van der Waals surface area contributed by atoms with E-state index in [9.17, 15) is 9.59 Å². The molecule has 1 amide bonds. The fraction of sp³-hybridized carbons (Fsp3) is 0.375. The van der Waals surface area contributed by atoms with E-state index in [2.05, 4.69) is 44.7 Å². The van der Waals surface area contributed by atoms with Gasteiger partial charge in [-0.15, -0.1) is 12.4 Å². The fourth-order valence-electron chi connectivity index (χ4n) is 3.82. The Kier molecular flexibility index (Phi) is 7.94. The molecule has 0 saturated heterocycles. The number of likely N-dealkylation sites (N-methyl/N-ethyl adjacent to an activating group) is 1. The highest BCUT2D eigenvalue weighted by Gasteiger charge is 2.23. The number of rotatable bonds is 8. The van der Waals surface area contributed by atoms with Gasteiger partial charge >= 0.3 is 5.76 Å². The van der Waals surface area contributed by atoms with Gasteiger partial charge in [0.15, 0.2) is 10.7 Å². The summed E-state index contributed by atoms with van der Waals surface area (Å²) in [5.41, 5.74) is 4.32. The molecule has 0 spiro atoms. The van der Waals surface area contributed by atoms with E-state index in [0.29, 0.717) is 22.8 Å². The van der Waals surface area contributed by atoms with E-state index in [1.807, 2.05) is 6.07 Å². The van der Waals surface area contributed by atoms with Gasteiger partial charge in [0.25, 0.3) is 0 Å². The maximum atomic E-state index is 13.5. The number of aryl methyl sites for hydroxylation is 2. The number of nitrogens with zero attached hydrogens (tertiary/aromatic N) is 4. The molecule has 0 aliphatic rings. The van der Waals surface area contributed by atoms with E-state index < -0.39 is 5.76 Å². The van der Waals surface area contributed by atoms with E-state index in [1.54, 1.807) is 23.1 Å². The lowest BCUT2D eigenvalue weighted by Gasteiger charge is -2.24. The summed E-state index contributed by atoms with van der Waals surface area (Å²) < 4.78 is 7.75. The molecule has 176 valence electrons. The number of para-hydroxylation sites is 2. The fourth-order valence-corrected chi connectivity index (χ4v) is 4.89. The number of hydrogen-bond acceptors (Lipinski definition) is 6. The molecule has 0 fully saturated rings. The third kappa shape index (κ3) is 4.98. The average molecular weight is 489 g/mol. The molecule has 7 nitrogen and oxygen atoms in total. The van der Waals surface area contributed by atoms with Crippen molar-refractivity contribution < 1.29 is 9.21 Å². The van der Waals surface area contributed by atoms with Crippen LogP contribution in [0.25, 0.3) is 21.3 Å². The van der Waals surface area contributed by atoms with Gasteiger partial charge in [-0.05, 0) is 56.3 Å². The molecule has 9 heteroatoms. The zero-order valence-corrected chi connectivity index (χ0v) is 21.0. The standard InChI is InChI=1S/C24H28N4O3S.ClH/c1-5-26(6-2)13-14-27(23-25-22-17(4)16(3)11-12-20(22)32-23)21(29)15-28-18-9-7-8-10-19(18)31-24(28)30;/h7-12H,5-6,13-15H2,1-4H3;1H. The molecule has 0 aliphatic carbocycles. The first-order chi connectivity index (χ1) is 15.4. The Balaban J connectivity index is 0.00000306. The summed E-state index contributed by atoms with van der Waals surface area (Å²) in [6.45, 7) is 11.3. The summed E-state index contributed by atoms with van der Waals surface area (Å²) in [6.07, 6.45) is 0. The second kappa shape index (κ2) is 10.5. The largest absolute Gasteiger partial charge is 0.420 e. The summed E-state index contributed by atoms with van der Waals surface area (Å²) in [4.78, 5) is 34.7. The number of benzene rings is 2. The lowest BCUT2D eigenvalue weighted by molar-refractivity contribution is -0.119. The van der Waals surface area contributed by atoms with Gasteiger partial charge < -0.3 is 9.32 Å². The second-order valence-electron chi connectivity index (χ2n) is 7.84. The first-order valence-electron chi connectivity index (χ1n) is 10.9. The highest BCUT2D eigenvalue weighted by atomic mass is 35.5. The van der Waals surface area contributed by atoms with Gasteiger partial charge in [-0.1, -0.05) is 43.4 Å². The first kappa shape index (κ1) is 25.0. The van der Waals surface area contributed by atoms with Crippen molar-refractivity contribution in [1.82, 2.24) is 14.5 Å². The second-order valence-corrected chi connectivity index (χ2v) is 8.85. The Labute approximate surface area is 203 Å². The molecule has 2 heterocycles. The summed E-state index contributed by atoms with van der Waals surface area (Å²) >= 11 is 1.51.